The van der Waals surface area contributed by atoms with Gasteiger partial charge in [0.1, 0.15) is 18.0 Å². The summed E-state index contributed by atoms with van der Waals surface area (Å²) in [4.78, 5) is 30.5. The number of hydrogen-bond donors (Lipinski definition) is 1. The van der Waals surface area contributed by atoms with Gasteiger partial charge in [0.25, 0.3) is 5.91 Å². The van der Waals surface area contributed by atoms with Crippen molar-refractivity contribution in [3.05, 3.63) is 53.8 Å². The first kappa shape index (κ1) is 17.3. The van der Waals surface area contributed by atoms with Crippen LogP contribution in [0, 0.1) is 6.92 Å². The Morgan fingerprint density at radius 1 is 1.37 bits per heavy atom. The maximum Gasteiger partial charge on any atom is 0.289 e. The van der Waals surface area contributed by atoms with Crippen LogP contribution in [0.15, 0.2) is 41.1 Å². The Balaban J connectivity index is 1.55. The molecule has 3 aromatic rings. The number of aryl methyl sites for hydroxylation is 1. The SMILES string of the molecule is Cc1cccc2cc(C(=O)N3CCC[C@@H](c4nccn4CC(N)=O)C3)oc12. The van der Waals surface area contributed by atoms with Crippen molar-refractivity contribution in [3.63, 3.8) is 0 Å². The zero-order valence-corrected chi connectivity index (χ0v) is 15.2. The van der Waals surface area contributed by atoms with E-state index >= 15 is 0 Å². The van der Waals surface area contributed by atoms with Crippen molar-refractivity contribution >= 4 is 22.8 Å². The lowest BCUT2D eigenvalue weighted by molar-refractivity contribution is -0.118. The second-order valence-corrected chi connectivity index (χ2v) is 7.07. The highest BCUT2D eigenvalue weighted by Crippen LogP contribution is 2.29. The molecule has 0 unspecified atom stereocenters. The van der Waals surface area contributed by atoms with Crippen LogP contribution in [-0.2, 0) is 11.3 Å². The number of carbonyl (C=O) groups excluding carboxylic acids is 2. The van der Waals surface area contributed by atoms with E-state index in [2.05, 4.69) is 4.98 Å². The first-order valence-electron chi connectivity index (χ1n) is 9.10. The molecule has 1 aromatic carbocycles. The van der Waals surface area contributed by atoms with Gasteiger partial charge < -0.3 is 19.6 Å². The number of nitrogens with two attached hydrogens (primary N) is 1. The molecule has 1 aliphatic heterocycles. The lowest BCUT2D eigenvalue weighted by atomic mass is 9.97. The van der Waals surface area contributed by atoms with Crippen LogP contribution >= 0.6 is 0 Å². The quantitative estimate of drug-likeness (QED) is 0.767. The Hall–Kier alpha value is -3.09. The molecule has 7 nitrogen and oxygen atoms in total. The lowest BCUT2D eigenvalue weighted by Crippen LogP contribution is -2.39. The van der Waals surface area contributed by atoms with Gasteiger partial charge in [-0.3, -0.25) is 9.59 Å². The zero-order valence-electron chi connectivity index (χ0n) is 15.2. The van der Waals surface area contributed by atoms with Crippen LogP contribution in [0.4, 0.5) is 0 Å². The summed E-state index contributed by atoms with van der Waals surface area (Å²) < 4.78 is 7.61. The molecule has 4 rings (SSSR count). The molecular formula is C20H22N4O3. The molecule has 0 spiro atoms. The van der Waals surface area contributed by atoms with E-state index < -0.39 is 5.91 Å². The highest BCUT2D eigenvalue weighted by molar-refractivity contribution is 5.96. The number of imidazole rings is 1. The van der Waals surface area contributed by atoms with E-state index in [1.165, 1.54) is 0 Å². The molecular weight excluding hydrogens is 344 g/mol. The van der Waals surface area contributed by atoms with Gasteiger partial charge in [-0.05, 0) is 31.4 Å². The summed E-state index contributed by atoms with van der Waals surface area (Å²) in [5.74, 6) is 0.717. The average molecular weight is 366 g/mol. The lowest BCUT2D eigenvalue weighted by Gasteiger charge is -2.32. The smallest absolute Gasteiger partial charge is 0.289 e. The number of para-hydroxylation sites is 1. The summed E-state index contributed by atoms with van der Waals surface area (Å²) in [7, 11) is 0. The van der Waals surface area contributed by atoms with Gasteiger partial charge >= 0.3 is 0 Å². The Kier molecular flexibility index (Phi) is 4.43. The topological polar surface area (TPSA) is 94.4 Å². The monoisotopic (exact) mass is 366 g/mol. The molecule has 140 valence electrons. The van der Waals surface area contributed by atoms with Gasteiger partial charge in [-0.1, -0.05) is 18.2 Å². The fraction of sp³-hybridized carbons (Fsp3) is 0.350. The van der Waals surface area contributed by atoms with Gasteiger partial charge in [0.2, 0.25) is 5.91 Å². The van der Waals surface area contributed by atoms with Gasteiger partial charge in [0.15, 0.2) is 5.76 Å². The number of furan rings is 1. The molecule has 2 aromatic heterocycles. The van der Waals surface area contributed by atoms with Crippen molar-refractivity contribution in [3.8, 4) is 0 Å². The van der Waals surface area contributed by atoms with Crippen molar-refractivity contribution < 1.29 is 14.0 Å². The van der Waals surface area contributed by atoms with Crippen LogP contribution in [-0.4, -0.2) is 39.4 Å². The van der Waals surface area contributed by atoms with Crippen LogP contribution < -0.4 is 5.73 Å². The minimum atomic E-state index is -0.407. The van der Waals surface area contributed by atoms with Crippen molar-refractivity contribution in [2.24, 2.45) is 5.73 Å². The minimum absolute atomic E-state index is 0.0724. The maximum atomic E-state index is 13.0. The summed E-state index contributed by atoms with van der Waals surface area (Å²) in [5, 5.41) is 0.934. The zero-order chi connectivity index (χ0) is 19.0. The van der Waals surface area contributed by atoms with Crippen LogP contribution in [0.25, 0.3) is 11.0 Å². The summed E-state index contributed by atoms with van der Waals surface area (Å²) in [6.45, 7) is 3.30. The van der Waals surface area contributed by atoms with Crippen LogP contribution in [0.3, 0.4) is 0 Å². The van der Waals surface area contributed by atoms with Gasteiger partial charge in [-0.2, -0.15) is 0 Å². The number of primary amides is 1. The number of fused-ring (bicyclic) bond motifs is 1. The Bertz CT molecular complexity index is 1000. The van der Waals surface area contributed by atoms with E-state index in [0.717, 1.165) is 35.2 Å². The van der Waals surface area contributed by atoms with Crippen molar-refractivity contribution in [2.75, 3.05) is 13.1 Å². The Morgan fingerprint density at radius 3 is 3.00 bits per heavy atom. The maximum absolute atomic E-state index is 13.0. The van der Waals surface area contributed by atoms with Crippen LogP contribution in [0.2, 0.25) is 0 Å². The second-order valence-electron chi connectivity index (χ2n) is 7.07. The number of aromatic nitrogens is 2. The number of piperidine rings is 1. The van der Waals surface area contributed by atoms with Gasteiger partial charge in [0, 0.05) is 36.8 Å². The summed E-state index contributed by atoms with van der Waals surface area (Å²) in [6, 6.07) is 7.68. The molecule has 7 heteroatoms. The standard InChI is InChI=1S/C20H22N4O3/c1-13-4-2-5-14-10-16(27-18(13)14)20(26)24-8-3-6-15(11-24)19-22-7-9-23(19)12-17(21)25/h2,4-5,7,9-10,15H,3,6,8,11-12H2,1H3,(H2,21,25)/t15-/m1/s1. The summed E-state index contributed by atoms with van der Waals surface area (Å²) >= 11 is 0. The second kappa shape index (κ2) is 6.90. The molecule has 3 heterocycles. The Morgan fingerprint density at radius 2 is 2.22 bits per heavy atom. The van der Waals surface area contributed by atoms with Gasteiger partial charge in [-0.15, -0.1) is 0 Å². The predicted molar refractivity (Wildman–Crippen MR) is 100 cm³/mol. The van der Waals surface area contributed by atoms with E-state index in [-0.39, 0.29) is 18.4 Å². The average Bonchev–Trinajstić information content (AvgIpc) is 3.28. The number of nitrogens with zero attached hydrogens (tertiary/aromatic N) is 3. The van der Waals surface area contributed by atoms with Gasteiger partial charge in [-0.25, -0.2) is 4.98 Å². The third-order valence-corrected chi connectivity index (χ3v) is 5.10. The third kappa shape index (κ3) is 3.32. The van der Waals surface area contributed by atoms with E-state index in [4.69, 9.17) is 10.2 Å². The molecule has 1 atom stereocenters. The minimum Gasteiger partial charge on any atom is -0.451 e. The fourth-order valence-electron chi connectivity index (χ4n) is 3.82. The molecule has 1 fully saturated rings. The molecule has 1 aliphatic rings. The molecule has 2 amide bonds. The Labute approximate surface area is 156 Å². The fourth-order valence-corrected chi connectivity index (χ4v) is 3.82. The predicted octanol–water partition coefficient (Wildman–Crippen LogP) is 2.44. The highest BCUT2D eigenvalue weighted by atomic mass is 16.3. The van der Waals surface area contributed by atoms with E-state index in [9.17, 15) is 9.59 Å². The van der Waals surface area contributed by atoms with Crippen LogP contribution in [0.5, 0.6) is 0 Å². The highest BCUT2D eigenvalue weighted by Gasteiger charge is 2.29. The number of likely N-dealkylation sites (tertiary alicyclic amines) is 1. The molecule has 2 N–H and O–H groups in total. The number of amides is 2. The van der Waals surface area contributed by atoms with Crippen molar-refractivity contribution in [1.82, 2.24) is 14.5 Å². The van der Waals surface area contributed by atoms with Crippen molar-refractivity contribution in [1.29, 1.82) is 0 Å². The first-order valence-corrected chi connectivity index (χ1v) is 9.10. The number of benzene rings is 1. The van der Waals surface area contributed by atoms with Crippen molar-refractivity contribution in [2.45, 2.75) is 32.2 Å². The summed E-state index contributed by atoms with van der Waals surface area (Å²) in [5.41, 5.74) is 7.08. The summed E-state index contributed by atoms with van der Waals surface area (Å²) in [6.07, 6.45) is 5.21. The molecule has 0 aliphatic carbocycles. The van der Waals surface area contributed by atoms with E-state index in [1.54, 1.807) is 17.0 Å². The molecule has 1 saturated heterocycles. The number of hydrogen-bond acceptors (Lipinski definition) is 4. The molecule has 0 saturated carbocycles. The molecule has 0 radical (unpaired) electrons. The van der Waals surface area contributed by atoms with Gasteiger partial charge in [0.05, 0.1) is 0 Å². The van der Waals surface area contributed by atoms with E-state index in [1.807, 2.05) is 36.1 Å². The molecule has 27 heavy (non-hydrogen) atoms. The van der Waals surface area contributed by atoms with E-state index in [0.29, 0.717) is 18.8 Å². The first-order chi connectivity index (χ1) is 13.0. The molecule has 0 bridgehead atoms. The van der Waals surface area contributed by atoms with Crippen LogP contribution in [0.1, 0.15) is 40.7 Å². The normalized spacial score (nSPS) is 17.4. The number of carbonyl (C=O) groups is 2. The number of rotatable bonds is 4. The third-order valence-electron chi connectivity index (χ3n) is 5.10. The largest absolute Gasteiger partial charge is 0.451 e.